The molecule has 14 heteroatoms. The minimum absolute atomic E-state index is 0.0343. The van der Waals surface area contributed by atoms with Gasteiger partial charge >= 0.3 is 6.09 Å². The maximum atomic E-state index is 12.1. The molecule has 0 fully saturated rings. The van der Waals surface area contributed by atoms with Gasteiger partial charge in [0.25, 0.3) is 0 Å². The van der Waals surface area contributed by atoms with Crippen molar-refractivity contribution in [3.05, 3.63) is 65.2 Å². The lowest BCUT2D eigenvalue weighted by atomic mass is 9.96. The second-order valence-electron chi connectivity index (χ2n) is 14.0. The number of methoxy groups -OCH3 is 1. The fourth-order valence-corrected chi connectivity index (χ4v) is 5.34. The van der Waals surface area contributed by atoms with Gasteiger partial charge in [0.05, 0.1) is 60.4 Å². The predicted octanol–water partition coefficient (Wildman–Crippen LogP) is 4.96. The molecule has 7 N–H and O–H groups in total. The third-order valence-corrected chi connectivity index (χ3v) is 8.62. The average molecular weight is 770 g/mol. The van der Waals surface area contributed by atoms with Gasteiger partial charge in [0, 0.05) is 31.3 Å². The molecule has 0 saturated carbocycles. The molecule has 2 aromatic rings. The number of benzene rings is 2. The molecular weight excluding hydrogens is 702 g/mol. The number of hydrogen-bond donors (Lipinski definition) is 5. The molecule has 1 aliphatic rings. The van der Waals surface area contributed by atoms with E-state index in [2.05, 4.69) is 16.0 Å². The number of carbonyl (C=O) groups is 4. The second kappa shape index (κ2) is 25.6. The lowest BCUT2D eigenvalue weighted by Gasteiger charge is -2.31. The van der Waals surface area contributed by atoms with Gasteiger partial charge in [0.15, 0.2) is 0 Å². The molecule has 308 valence electrons. The minimum Gasteiger partial charge on any atom is -0.448 e. The number of aldehydes is 1. The fourth-order valence-electron chi connectivity index (χ4n) is 5.34. The Morgan fingerprint density at radius 3 is 2.24 bits per heavy atom. The lowest BCUT2D eigenvalue weighted by molar-refractivity contribution is -0.135. The van der Waals surface area contributed by atoms with E-state index in [1.54, 1.807) is 19.1 Å². The first-order valence-electron chi connectivity index (χ1n) is 19.1. The number of hydrogen-bond acceptors (Lipinski definition) is 11. The summed E-state index contributed by atoms with van der Waals surface area (Å²) in [6, 6.07) is 14.8. The van der Waals surface area contributed by atoms with Gasteiger partial charge in [-0.2, -0.15) is 0 Å². The van der Waals surface area contributed by atoms with Crippen LogP contribution >= 0.6 is 0 Å². The number of carbonyl (C=O) groups excluding carboxylic acids is 4. The molecule has 0 aliphatic carbocycles. The van der Waals surface area contributed by atoms with Crippen LogP contribution in [0.2, 0.25) is 0 Å². The number of nitrogens with two attached hydrogens (primary N) is 2. The van der Waals surface area contributed by atoms with Gasteiger partial charge in [-0.15, -0.1) is 0 Å². The highest BCUT2D eigenvalue weighted by atomic mass is 16.6. The summed E-state index contributed by atoms with van der Waals surface area (Å²) in [6.07, 6.45) is 4.69. The standard InChI is InChI=1S/C26H34N6O4.C13H27NO3.C2H6/c1-29-20(17-33)9-6-7-13-30-26(35)36-15-14-32(28)25-22-11-4-5-12-23(22)31(18-34)16-19-8-2-3-10-21(19)24(25)27;1-7-8-14-11(15)9-12(2,3)17-10-13(4,5)16-6;1-2/h2-5,8,10-12,17-18,20,29H,6-7,9,13-16,27-28H2,1H3,(H,30,35);7-10H2,1-6H3,(H,14,15);1-2H3/b25-24-;;. The van der Waals surface area contributed by atoms with Crippen molar-refractivity contribution < 1.29 is 33.4 Å². The van der Waals surface area contributed by atoms with E-state index in [1.165, 1.54) is 5.01 Å². The Labute approximate surface area is 328 Å². The smallest absolute Gasteiger partial charge is 0.407 e. The van der Waals surface area contributed by atoms with Gasteiger partial charge in [-0.25, -0.2) is 10.6 Å². The summed E-state index contributed by atoms with van der Waals surface area (Å²) >= 11 is 0. The molecule has 55 heavy (non-hydrogen) atoms. The molecule has 1 heterocycles. The van der Waals surface area contributed by atoms with Crippen molar-refractivity contribution in [3.8, 4) is 0 Å². The van der Waals surface area contributed by atoms with Crippen molar-refractivity contribution in [2.75, 3.05) is 51.9 Å². The molecule has 0 bridgehead atoms. The summed E-state index contributed by atoms with van der Waals surface area (Å²) in [7, 11) is 3.40. The lowest BCUT2D eigenvalue weighted by Crippen LogP contribution is -2.39. The van der Waals surface area contributed by atoms with Crippen LogP contribution in [-0.2, 0) is 35.1 Å². The van der Waals surface area contributed by atoms with Crippen molar-refractivity contribution >= 4 is 41.8 Å². The molecule has 2 aromatic carbocycles. The van der Waals surface area contributed by atoms with Crippen LogP contribution in [0.4, 0.5) is 10.5 Å². The highest BCUT2D eigenvalue weighted by Crippen LogP contribution is 2.36. The first-order chi connectivity index (χ1) is 26.2. The Hall–Kier alpha value is -4.50. The van der Waals surface area contributed by atoms with E-state index in [4.69, 9.17) is 25.8 Å². The van der Waals surface area contributed by atoms with Crippen molar-refractivity contribution in [3.63, 3.8) is 0 Å². The maximum Gasteiger partial charge on any atom is 0.407 e. The van der Waals surface area contributed by atoms with Crippen LogP contribution < -0.4 is 32.4 Å². The molecule has 3 amide bonds. The van der Waals surface area contributed by atoms with Crippen LogP contribution in [0, 0.1) is 0 Å². The third-order valence-electron chi connectivity index (χ3n) is 8.62. The summed E-state index contributed by atoms with van der Waals surface area (Å²) in [6.45, 7) is 16.0. The van der Waals surface area contributed by atoms with Crippen LogP contribution in [-0.4, -0.2) is 94.0 Å². The van der Waals surface area contributed by atoms with Crippen LogP contribution in [0.5, 0.6) is 0 Å². The summed E-state index contributed by atoms with van der Waals surface area (Å²) in [5, 5.41) is 9.92. The van der Waals surface area contributed by atoms with Gasteiger partial charge < -0.3 is 50.6 Å². The Bertz CT molecular complexity index is 1500. The van der Waals surface area contributed by atoms with Crippen molar-refractivity contribution in [1.29, 1.82) is 0 Å². The monoisotopic (exact) mass is 770 g/mol. The summed E-state index contributed by atoms with van der Waals surface area (Å²) < 4.78 is 16.3. The summed E-state index contributed by atoms with van der Waals surface area (Å²) in [4.78, 5) is 48.0. The minimum atomic E-state index is -0.540. The number of para-hydroxylation sites is 1. The molecule has 1 atom stereocenters. The highest BCUT2D eigenvalue weighted by molar-refractivity contribution is 5.96. The molecular formula is C41H67N7O7. The second-order valence-corrected chi connectivity index (χ2v) is 14.0. The largest absolute Gasteiger partial charge is 0.448 e. The molecule has 3 rings (SSSR count). The normalized spacial score (nSPS) is 14.2. The van der Waals surface area contributed by atoms with Crippen LogP contribution in [0.1, 0.15) is 97.3 Å². The zero-order chi connectivity index (χ0) is 41.4. The summed E-state index contributed by atoms with van der Waals surface area (Å²) in [5.41, 5.74) is 9.95. The number of unbranched alkanes of at least 4 members (excludes halogenated alkanes) is 1. The van der Waals surface area contributed by atoms with Crippen LogP contribution in [0.15, 0.2) is 48.5 Å². The molecule has 1 unspecified atom stereocenters. The topological polar surface area (TPSA) is 191 Å². The zero-order valence-corrected chi connectivity index (χ0v) is 34.5. The van der Waals surface area contributed by atoms with E-state index >= 15 is 0 Å². The summed E-state index contributed by atoms with van der Waals surface area (Å²) in [5.74, 6) is 6.48. The molecule has 0 aromatic heterocycles. The number of alkyl carbamates (subject to hydrolysis) is 1. The predicted molar refractivity (Wildman–Crippen MR) is 220 cm³/mol. The number of ether oxygens (including phenoxy) is 3. The highest BCUT2D eigenvalue weighted by Gasteiger charge is 2.27. The van der Waals surface area contributed by atoms with E-state index < -0.39 is 11.7 Å². The number of likely N-dealkylation sites (N-methyl/N-ethyl adjacent to an activating group) is 1. The zero-order valence-electron chi connectivity index (χ0n) is 34.5. The average Bonchev–Trinajstić information content (AvgIpc) is 3.17. The Kier molecular flexibility index (Phi) is 22.5. The quantitative estimate of drug-likeness (QED) is 0.0530. The number of anilines is 1. The third kappa shape index (κ3) is 17.2. The SMILES string of the molecule is CC.CCCNC(=O)CC(C)(C)OCC(C)(C)OC.CNC(C=O)CCCCNC(=O)OCCN(N)/C1=C(\N)c2ccccc2CN(C=O)c2ccccc21. The van der Waals surface area contributed by atoms with Gasteiger partial charge in [-0.3, -0.25) is 9.59 Å². The fraction of sp³-hybridized carbons (Fsp3) is 0.561. The van der Waals surface area contributed by atoms with Crippen molar-refractivity contribution in [2.24, 2.45) is 11.6 Å². The van der Waals surface area contributed by atoms with Crippen molar-refractivity contribution in [1.82, 2.24) is 21.0 Å². The number of amides is 3. The van der Waals surface area contributed by atoms with Gasteiger partial charge in [-0.05, 0) is 72.1 Å². The number of rotatable bonds is 20. The number of nitrogens with zero attached hydrogens (tertiary/aromatic N) is 2. The Morgan fingerprint density at radius 2 is 1.62 bits per heavy atom. The van der Waals surface area contributed by atoms with Gasteiger partial charge in [0.2, 0.25) is 12.3 Å². The molecule has 0 spiro atoms. The molecule has 14 nitrogen and oxygen atoms in total. The van der Waals surface area contributed by atoms with E-state index in [9.17, 15) is 19.2 Å². The van der Waals surface area contributed by atoms with E-state index in [0.717, 1.165) is 49.6 Å². The molecule has 1 aliphatic heterocycles. The van der Waals surface area contributed by atoms with Gasteiger partial charge in [0.1, 0.15) is 12.9 Å². The first-order valence-corrected chi connectivity index (χ1v) is 19.1. The van der Waals surface area contributed by atoms with Gasteiger partial charge in [-0.1, -0.05) is 63.2 Å². The Balaban J connectivity index is 0.000000671. The Morgan fingerprint density at radius 1 is 0.964 bits per heavy atom. The maximum absolute atomic E-state index is 12.1. The molecule has 0 saturated heterocycles. The van der Waals surface area contributed by atoms with E-state index in [0.29, 0.717) is 55.2 Å². The first kappa shape index (κ1) is 48.5. The number of fused-ring (bicyclic) bond motifs is 2. The van der Waals surface area contributed by atoms with Crippen molar-refractivity contribution in [2.45, 2.75) is 104 Å². The number of nitrogens with one attached hydrogen (secondary N) is 3. The van der Waals surface area contributed by atoms with E-state index in [-0.39, 0.29) is 30.7 Å². The number of hydrazine groups is 1. The molecule has 0 radical (unpaired) electrons. The van der Waals surface area contributed by atoms with Crippen LogP contribution in [0.3, 0.4) is 0 Å². The van der Waals surface area contributed by atoms with E-state index in [1.807, 2.05) is 97.0 Å². The van der Waals surface area contributed by atoms with Crippen LogP contribution in [0.25, 0.3) is 11.4 Å².